The summed E-state index contributed by atoms with van der Waals surface area (Å²) in [5.41, 5.74) is 0.00904. The molecule has 0 saturated carbocycles. The van der Waals surface area contributed by atoms with Crippen LogP contribution in [0.3, 0.4) is 0 Å². The zero-order valence-corrected chi connectivity index (χ0v) is 14.7. The van der Waals surface area contributed by atoms with Crippen LogP contribution < -0.4 is 0 Å². The number of rotatable bonds is 9. The molecular formula is C10H25NO6Si2. The van der Waals surface area contributed by atoms with Crippen molar-refractivity contribution in [2.75, 3.05) is 35.0 Å². The molecule has 19 heavy (non-hydrogen) atoms. The first-order valence-corrected chi connectivity index (χ1v) is 10.7. The molecule has 0 radical (unpaired) electrons. The number of carbonyl (C=O) groups is 1. The third-order valence-electron chi connectivity index (χ3n) is 3.01. The van der Waals surface area contributed by atoms with Crippen molar-refractivity contribution < 1.29 is 27.6 Å². The third kappa shape index (κ3) is 5.59. The molecule has 0 bridgehead atoms. The molecule has 0 aliphatic rings. The van der Waals surface area contributed by atoms with Crippen LogP contribution in [-0.4, -0.2) is 74.6 Å². The summed E-state index contributed by atoms with van der Waals surface area (Å²) in [5.74, 6) is 0. The van der Waals surface area contributed by atoms with Crippen LogP contribution in [0.4, 0.5) is 4.79 Å². The van der Waals surface area contributed by atoms with E-state index in [-0.39, 0.29) is 5.67 Å². The van der Waals surface area contributed by atoms with E-state index in [4.69, 9.17) is 22.8 Å². The molecule has 7 nitrogen and oxygen atoms in total. The first-order chi connectivity index (χ1) is 8.83. The van der Waals surface area contributed by atoms with Crippen LogP contribution in [0.2, 0.25) is 13.1 Å². The van der Waals surface area contributed by atoms with E-state index < -0.39 is 23.9 Å². The Morgan fingerprint density at radius 3 is 2.05 bits per heavy atom. The molecule has 1 amide bonds. The largest absolute Gasteiger partial charge is 0.678 e. The van der Waals surface area contributed by atoms with Crippen LogP contribution >= 0.6 is 0 Å². The maximum atomic E-state index is 11.0. The van der Waals surface area contributed by atoms with E-state index in [1.165, 1.54) is 26.2 Å². The average molecular weight is 311 g/mol. The van der Waals surface area contributed by atoms with Gasteiger partial charge in [-0.25, -0.2) is 4.79 Å². The Kier molecular flexibility index (Phi) is 8.45. The van der Waals surface area contributed by atoms with Crippen molar-refractivity contribution in [3.63, 3.8) is 0 Å². The molecule has 1 atom stereocenters. The monoisotopic (exact) mass is 311 g/mol. The standard InChI is InChI=1S/C10H25NO6Si2/c1-11(10(12)13)9(18(5)6)7-8-17-19(14-2,15-3)16-4/h9,18H,7-8H2,1-6H3,(H,12,13). The van der Waals surface area contributed by atoms with Crippen LogP contribution in [-0.2, 0) is 17.7 Å². The molecule has 0 saturated heterocycles. The van der Waals surface area contributed by atoms with E-state index in [0.29, 0.717) is 13.0 Å². The van der Waals surface area contributed by atoms with Crippen molar-refractivity contribution in [3.8, 4) is 0 Å². The molecule has 0 aliphatic heterocycles. The Hall–Kier alpha value is -0.456. The Labute approximate surface area is 117 Å². The van der Waals surface area contributed by atoms with E-state index in [2.05, 4.69) is 13.1 Å². The Morgan fingerprint density at radius 1 is 1.26 bits per heavy atom. The molecule has 0 fully saturated rings. The molecule has 0 heterocycles. The van der Waals surface area contributed by atoms with E-state index in [1.807, 2.05) is 0 Å². The predicted molar refractivity (Wildman–Crippen MR) is 75.8 cm³/mol. The maximum absolute atomic E-state index is 11.0. The van der Waals surface area contributed by atoms with Gasteiger partial charge >= 0.3 is 15.1 Å². The van der Waals surface area contributed by atoms with Gasteiger partial charge in [-0.3, -0.25) is 0 Å². The molecule has 0 rings (SSSR count). The normalized spacial score (nSPS) is 13.6. The highest BCUT2D eigenvalue weighted by atomic mass is 28.4. The van der Waals surface area contributed by atoms with Gasteiger partial charge in [0.15, 0.2) is 0 Å². The minimum Gasteiger partial charge on any atom is -0.465 e. The van der Waals surface area contributed by atoms with Crippen molar-refractivity contribution in [3.05, 3.63) is 0 Å². The fraction of sp³-hybridized carbons (Fsp3) is 0.900. The SMILES string of the molecule is CO[Si](OC)(OC)OCCC(N(C)C(=O)O)[SiH](C)C. The van der Waals surface area contributed by atoms with E-state index in [1.54, 1.807) is 7.05 Å². The summed E-state index contributed by atoms with van der Waals surface area (Å²) in [6.45, 7) is 4.56. The molecule has 114 valence electrons. The number of amides is 1. The second kappa shape index (κ2) is 8.66. The quantitative estimate of drug-likeness (QED) is 0.634. The second-order valence-corrected chi connectivity index (χ2v) is 10.2. The van der Waals surface area contributed by atoms with Crippen LogP contribution in [0.1, 0.15) is 6.42 Å². The summed E-state index contributed by atoms with van der Waals surface area (Å²) in [5, 5.41) is 9.04. The molecule has 0 aromatic heterocycles. The second-order valence-electron chi connectivity index (χ2n) is 4.45. The van der Waals surface area contributed by atoms with E-state index in [0.717, 1.165) is 0 Å². The summed E-state index contributed by atoms with van der Waals surface area (Å²) in [6, 6.07) is 0. The summed E-state index contributed by atoms with van der Waals surface area (Å²) < 4.78 is 21.0. The van der Waals surface area contributed by atoms with Crippen molar-refractivity contribution in [1.29, 1.82) is 0 Å². The van der Waals surface area contributed by atoms with Gasteiger partial charge in [-0.1, -0.05) is 13.1 Å². The van der Waals surface area contributed by atoms with Gasteiger partial charge in [0, 0.05) is 40.6 Å². The highest BCUT2D eigenvalue weighted by Crippen LogP contribution is 2.12. The number of nitrogens with zero attached hydrogens (tertiary/aromatic N) is 1. The van der Waals surface area contributed by atoms with Gasteiger partial charge < -0.3 is 27.7 Å². The fourth-order valence-electron chi connectivity index (χ4n) is 1.85. The van der Waals surface area contributed by atoms with Crippen molar-refractivity contribution in [2.24, 2.45) is 0 Å². The predicted octanol–water partition coefficient (Wildman–Crippen LogP) is 0.772. The van der Waals surface area contributed by atoms with Gasteiger partial charge in [0.1, 0.15) is 0 Å². The highest BCUT2D eigenvalue weighted by Gasteiger charge is 2.42. The minimum absolute atomic E-state index is 0.00904. The smallest absolute Gasteiger partial charge is 0.465 e. The third-order valence-corrected chi connectivity index (χ3v) is 7.39. The lowest BCUT2D eigenvalue weighted by Gasteiger charge is -2.30. The highest BCUT2D eigenvalue weighted by molar-refractivity contribution is 6.57. The molecule has 0 aliphatic carbocycles. The van der Waals surface area contributed by atoms with Gasteiger partial charge in [0.25, 0.3) is 0 Å². The molecule has 0 aromatic carbocycles. The van der Waals surface area contributed by atoms with Crippen LogP contribution in [0.15, 0.2) is 0 Å². The first kappa shape index (κ1) is 18.5. The van der Waals surface area contributed by atoms with Gasteiger partial charge in [-0.15, -0.1) is 0 Å². The number of hydrogen-bond acceptors (Lipinski definition) is 5. The van der Waals surface area contributed by atoms with Crippen LogP contribution in [0.25, 0.3) is 0 Å². The molecule has 9 heteroatoms. The Morgan fingerprint density at radius 2 is 1.74 bits per heavy atom. The zero-order valence-electron chi connectivity index (χ0n) is 12.5. The summed E-state index contributed by atoms with van der Waals surface area (Å²) in [7, 11) is 1.81. The number of carboxylic acid groups (broad SMARTS) is 1. The van der Waals surface area contributed by atoms with E-state index in [9.17, 15) is 4.79 Å². The van der Waals surface area contributed by atoms with Gasteiger partial charge in [-0.2, -0.15) is 0 Å². The van der Waals surface area contributed by atoms with Crippen molar-refractivity contribution in [2.45, 2.75) is 25.2 Å². The maximum Gasteiger partial charge on any atom is 0.678 e. The summed E-state index contributed by atoms with van der Waals surface area (Å²) >= 11 is 0. The fourth-order valence-corrected chi connectivity index (χ4v) is 4.89. The summed E-state index contributed by atoms with van der Waals surface area (Å²) in [6.07, 6.45) is -0.308. The van der Waals surface area contributed by atoms with E-state index >= 15 is 0 Å². The topological polar surface area (TPSA) is 77.5 Å². The van der Waals surface area contributed by atoms with Crippen LogP contribution in [0, 0.1) is 0 Å². The van der Waals surface area contributed by atoms with Crippen molar-refractivity contribution >= 4 is 23.9 Å². The molecule has 0 aromatic rings. The summed E-state index contributed by atoms with van der Waals surface area (Å²) in [4.78, 5) is 12.4. The number of hydrogen-bond donors (Lipinski definition) is 1. The average Bonchev–Trinajstić information content (AvgIpc) is 2.38. The van der Waals surface area contributed by atoms with Crippen molar-refractivity contribution in [1.82, 2.24) is 4.90 Å². The molecule has 1 unspecified atom stereocenters. The minimum atomic E-state index is -3.03. The van der Waals surface area contributed by atoms with Crippen LogP contribution in [0.5, 0.6) is 0 Å². The molecular weight excluding hydrogens is 286 g/mol. The molecule has 0 spiro atoms. The molecule has 1 N–H and O–H groups in total. The Bertz CT molecular complexity index is 266. The lowest BCUT2D eigenvalue weighted by atomic mass is 10.4. The van der Waals surface area contributed by atoms with Gasteiger partial charge in [0.2, 0.25) is 0 Å². The first-order valence-electron chi connectivity index (χ1n) is 6.08. The van der Waals surface area contributed by atoms with Gasteiger partial charge in [-0.05, 0) is 6.42 Å². The zero-order chi connectivity index (χ0) is 15.1. The Balaban J connectivity index is 4.45. The lowest BCUT2D eigenvalue weighted by molar-refractivity contribution is 0.00359. The van der Waals surface area contributed by atoms with Gasteiger partial charge in [0.05, 0.1) is 8.80 Å². The lowest BCUT2D eigenvalue weighted by Crippen LogP contribution is -2.49.